The summed E-state index contributed by atoms with van der Waals surface area (Å²) in [5.74, 6) is 0.717. The van der Waals surface area contributed by atoms with Crippen molar-refractivity contribution >= 4 is 35.3 Å². The molecule has 0 amide bonds. The van der Waals surface area contributed by atoms with Crippen LogP contribution in [0.1, 0.15) is 24.6 Å². The van der Waals surface area contributed by atoms with Crippen LogP contribution in [0.15, 0.2) is 12.1 Å². The van der Waals surface area contributed by atoms with Gasteiger partial charge < -0.3 is 5.73 Å². The van der Waals surface area contributed by atoms with E-state index in [1.54, 1.807) is 11.3 Å². The highest BCUT2D eigenvalue weighted by atomic mass is 35.5. The summed E-state index contributed by atoms with van der Waals surface area (Å²) in [6.45, 7) is 5.25. The Balaban J connectivity index is 0.00000144. The maximum atomic E-state index is 5.95. The van der Waals surface area contributed by atoms with Gasteiger partial charge in [0.15, 0.2) is 0 Å². The van der Waals surface area contributed by atoms with Gasteiger partial charge in [-0.15, -0.1) is 23.7 Å². The minimum atomic E-state index is 0. The molecule has 2 N–H and O–H groups in total. The lowest BCUT2D eigenvalue weighted by atomic mass is 9.91. The molecule has 1 saturated heterocycles. The first-order valence-electron chi connectivity index (χ1n) is 5.89. The summed E-state index contributed by atoms with van der Waals surface area (Å²) >= 11 is 7.63. The molecular formula is C12H20Cl2N2S. The molecule has 2 unspecified atom stereocenters. The largest absolute Gasteiger partial charge is 0.329 e. The van der Waals surface area contributed by atoms with Crippen molar-refractivity contribution < 1.29 is 0 Å². The lowest BCUT2D eigenvalue weighted by molar-refractivity contribution is 0.100. The quantitative estimate of drug-likeness (QED) is 0.926. The topological polar surface area (TPSA) is 29.3 Å². The zero-order chi connectivity index (χ0) is 11.5. The number of hydrogen-bond donors (Lipinski definition) is 1. The smallest absolute Gasteiger partial charge is 0.0931 e. The Bertz CT molecular complexity index is 343. The maximum Gasteiger partial charge on any atom is 0.0931 e. The SMILES string of the molecule is CC1CCCN(Cc2ccc(Cl)s2)C1CN.Cl. The molecule has 2 nitrogen and oxygen atoms in total. The molecule has 2 atom stereocenters. The molecule has 0 radical (unpaired) electrons. The van der Waals surface area contributed by atoms with Crippen LogP contribution < -0.4 is 5.73 Å². The minimum absolute atomic E-state index is 0. The second-order valence-electron chi connectivity index (χ2n) is 4.60. The molecule has 0 aliphatic carbocycles. The molecule has 0 bridgehead atoms. The molecule has 2 heterocycles. The summed E-state index contributed by atoms with van der Waals surface area (Å²) < 4.78 is 0.879. The fraction of sp³-hybridized carbons (Fsp3) is 0.667. The van der Waals surface area contributed by atoms with Gasteiger partial charge in [0.1, 0.15) is 0 Å². The Kier molecular flexibility index (Phi) is 6.24. The molecule has 5 heteroatoms. The predicted molar refractivity (Wildman–Crippen MR) is 78.2 cm³/mol. The number of nitrogens with two attached hydrogens (primary N) is 1. The molecule has 2 rings (SSSR count). The van der Waals surface area contributed by atoms with Gasteiger partial charge in [-0.3, -0.25) is 4.90 Å². The van der Waals surface area contributed by atoms with E-state index in [9.17, 15) is 0 Å². The summed E-state index contributed by atoms with van der Waals surface area (Å²) in [5.41, 5.74) is 5.88. The molecular weight excluding hydrogens is 275 g/mol. The third-order valence-corrected chi connectivity index (χ3v) is 4.68. The predicted octanol–water partition coefficient (Wildman–Crippen LogP) is 3.38. The van der Waals surface area contributed by atoms with Crippen LogP contribution in [0.25, 0.3) is 0 Å². The van der Waals surface area contributed by atoms with E-state index >= 15 is 0 Å². The molecule has 1 aromatic rings. The van der Waals surface area contributed by atoms with Crippen LogP contribution in [-0.2, 0) is 6.54 Å². The van der Waals surface area contributed by atoms with Crippen LogP contribution in [0, 0.1) is 5.92 Å². The third kappa shape index (κ3) is 3.83. The van der Waals surface area contributed by atoms with Gasteiger partial charge in [0.2, 0.25) is 0 Å². The van der Waals surface area contributed by atoms with Crippen LogP contribution in [0.3, 0.4) is 0 Å². The van der Waals surface area contributed by atoms with Gasteiger partial charge in [0.25, 0.3) is 0 Å². The van der Waals surface area contributed by atoms with Crippen molar-refractivity contribution in [3.05, 3.63) is 21.3 Å². The van der Waals surface area contributed by atoms with Gasteiger partial charge in [-0.2, -0.15) is 0 Å². The average molecular weight is 295 g/mol. The maximum absolute atomic E-state index is 5.95. The van der Waals surface area contributed by atoms with E-state index in [4.69, 9.17) is 17.3 Å². The van der Waals surface area contributed by atoms with Crippen molar-refractivity contribution in [3.8, 4) is 0 Å². The van der Waals surface area contributed by atoms with Crippen molar-refractivity contribution in [1.29, 1.82) is 0 Å². The van der Waals surface area contributed by atoms with E-state index in [0.29, 0.717) is 12.0 Å². The number of piperidine rings is 1. The first kappa shape index (κ1) is 15.3. The second-order valence-corrected chi connectivity index (χ2v) is 6.40. The van der Waals surface area contributed by atoms with E-state index in [2.05, 4.69) is 17.9 Å². The summed E-state index contributed by atoms with van der Waals surface area (Å²) in [6, 6.07) is 4.64. The minimum Gasteiger partial charge on any atom is -0.329 e. The van der Waals surface area contributed by atoms with Crippen LogP contribution >= 0.6 is 35.3 Å². The number of likely N-dealkylation sites (tertiary alicyclic amines) is 1. The van der Waals surface area contributed by atoms with E-state index in [-0.39, 0.29) is 12.4 Å². The van der Waals surface area contributed by atoms with Crippen molar-refractivity contribution in [2.45, 2.75) is 32.4 Å². The Morgan fingerprint density at radius 1 is 1.53 bits per heavy atom. The number of hydrogen-bond acceptors (Lipinski definition) is 3. The van der Waals surface area contributed by atoms with E-state index in [0.717, 1.165) is 17.4 Å². The molecule has 1 aliphatic rings. The molecule has 1 aliphatic heterocycles. The Labute approximate surface area is 119 Å². The number of thiophene rings is 1. The molecule has 1 aromatic heterocycles. The summed E-state index contributed by atoms with van der Waals surface area (Å²) in [5, 5.41) is 0. The van der Waals surface area contributed by atoms with Crippen molar-refractivity contribution in [2.75, 3.05) is 13.1 Å². The number of nitrogens with zero attached hydrogens (tertiary/aromatic N) is 1. The number of rotatable bonds is 3. The van der Waals surface area contributed by atoms with Crippen LogP contribution in [0.4, 0.5) is 0 Å². The van der Waals surface area contributed by atoms with E-state index in [1.807, 2.05) is 6.07 Å². The summed E-state index contributed by atoms with van der Waals surface area (Å²) in [7, 11) is 0. The zero-order valence-corrected chi connectivity index (χ0v) is 12.5. The average Bonchev–Trinajstić information content (AvgIpc) is 2.64. The van der Waals surface area contributed by atoms with Gasteiger partial charge in [-0.05, 0) is 37.4 Å². The van der Waals surface area contributed by atoms with Gasteiger partial charge >= 0.3 is 0 Å². The second kappa shape index (κ2) is 6.95. The first-order valence-corrected chi connectivity index (χ1v) is 7.08. The highest BCUT2D eigenvalue weighted by molar-refractivity contribution is 7.16. The highest BCUT2D eigenvalue weighted by Crippen LogP contribution is 2.27. The van der Waals surface area contributed by atoms with Gasteiger partial charge in [-0.1, -0.05) is 18.5 Å². The lowest BCUT2D eigenvalue weighted by Gasteiger charge is -2.39. The molecule has 0 spiro atoms. The first-order chi connectivity index (χ1) is 7.70. The van der Waals surface area contributed by atoms with Crippen molar-refractivity contribution in [3.63, 3.8) is 0 Å². The van der Waals surface area contributed by atoms with Crippen molar-refractivity contribution in [1.82, 2.24) is 4.90 Å². The molecule has 98 valence electrons. The third-order valence-electron chi connectivity index (χ3n) is 3.46. The van der Waals surface area contributed by atoms with Gasteiger partial charge in [0, 0.05) is 24.0 Å². The normalized spacial score (nSPS) is 25.6. The monoisotopic (exact) mass is 294 g/mol. The Hall–Kier alpha value is 0.200. The molecule has 0 aromatic carbocycles. The zero-order valence-electron chi connectivity index (χ0n) is 10.1. The fourth-order valence-corrected chi connectivity index (χ4v) is 3.66. The summed E-state index contributed by atoms with van der Waals surface area (Å²) in [4.78, 5) is 3.86. The van der Waals surface area contributed by atoms with E-state index < -0.39 is 0 Å². The van der Waals surface area contributed by atoms with Crippen LogP contribution in [-0.4, -0.2) is 24.0 Å². The summed E-state index contributed by atoms with van der Waals surface area (Å²) in [6.07, 6.45) is 2.60. The number of halogens is 2. The fourth-order valence-electron chi connectivity index (χ4n) is 2.55. The van der Waals surface area contributed by atoms with Gasteiger partial charge in [0.05, 0.1) is 4.34 Å². The Morgan fingerprint density at radius 3 is 2.88 bits per heavy atom. The molecule has 17 heavy (non-hydrogen) atoms. The van der Waals surface area contributed by atoms with Crippen molar-refractivity contribution in [2.24, 2.45) is 11.7 Å². The van der Waals surface area contributed by atoms with E-state index in [1.165, 1.54) is 24.3 Å². The lowest BCUT2D eigenvalue weighted by Crippen LogP contribution is -2.47. The standard InChI is InChI=1S/C12H19ClN2S.ClH/c1-9-3-2-6-15(11(9)7-14)8-10-4-5-12(13)16-10;/h4-5,9,11H,2-3,6-8,14H2,1H3;1H. The highest BCUT2D eigenvalue weighted by Gasteiger charge is 2.27. The Morgan fingerprint density at radius 2 is 2.29 bits per heavy atom. The molecule has 0 saturated carbocycles. The van der Waals surface area contributed by atoms with Crippen LogP contribution in [0.2, 0.25) is 4.34 Å². The van der Waals surface area contributed by atoms with Crippen LogP contribution in [0.5, 0.6) is 0 Å². The van der Waals surface area contributed by atoms with Gasteiger partial charge in [-0.25, -0.2) is 0 Å². The molecule has 1 fully saturated rings.